The minimum atomic E-state index is -0.0830. The van der Waals surface area contributed by atoms with E-state index in [1.54, 1.807) is 6.07 Å². The SMILES string of the molecule is Cc1cc(N)cc(C(=O)NCC(C)(C)N(C)C)c1. The van der Waals surface area contributed by atoms with Crippen molar-refractivity contribution in [3.05, 3.63) is 29.3 Å². The molecular weight excluding hydrogens is 226 g/mol. The summed E-state index contributed by atoms with van der Waals surface area (Å²) in [7, 11) is 3.99. The molecule has 0 unspecified atom stereocenters. The molecule has 4 heteroatoms. The summed E-state index contributed by atoms with van der Waals surface area (Å²) in [5.74, 6) is -0.0830. The molecule has 1 rings (SSSR count). The first kappa shape index (κ1) is 14.5. The number of nitrogens with two attached hydrogens (primary N) is 1. The number of hydrogen-bond donors (Lipinski definition) is 2. The van der Waals surface area contributed by atoms with Crippen LogP contribution in [0.2, 0.25) is 0 Å². The zero-order valence-corrected chi connectivity index (χ0v) is 11.9. The van der Waals surface area contributed by atoms with Gasteiger partial charge >= 0.3 is 0 Å². The minimum absolute atomic E-state index is 0.0783. The van der Waals surface area contributed by atoms with Crippen LogP contribution in [0, 0.1) is 6.92 Å². The van der Waals surface area contributed by atoms with Crippen LogP contribution in [-0.2, 0) is 0 Å². The number of carbonyl (C=O) groups is 1. The monoisotopic (exact) mass is 249 g/mol. The Labute approximate surface area is 109 Å². The minimum Gasteiger partial charge on any atom is -0.399 e. The number of anilines is 1. The Kier molecular flexibility index (Phi) is 4.35. The van der Waals surface area contributed by atoms with Gasteiger partial charge in [0.1, 0.15) is 0 Å². The van der Waals surface area contributed by atoms with E-state index in [0.29, 0.717) is 17.8 Å². The maximum Gasteiger partial charge on any atom is 0.251 e. The number of benzene rings is 1. The number of rotatable bonds is 4. The molecule has 0 radical (unpaired) electrons. The largest absolute Gasteiger partial charge is 0.399 e. The molecule has 1 amide bonds. The maximum absolute atomic E-state index is 12.0. The first-order chi connectivity index (χ1) is 8.22. The molecule has 0 aliphatic rings. The fourth-order valence-corrected chi connectivity index (χ4v) is 1.50. The molecule has 0 aromatic heterocycles. The van der Waals surface area contributed by atoms with Crippen LogP contribution in [0.25, 0.3) is 0 Å². The quantitative estimate of drug-likeness (QED) is 0.798. The lowest BCUT2D eigenvalue weighted by Gasteiger charge is -2.32. The van der Waals surface area contributed by atoms with Gasteiger partial charge in [0, 0.05) is 23.3 Å². The second-order valence-corrected chi connectivity index (χ2v) is 5.52. The van der Waals surface area contributed by atoms with E-state index in [4.69, 9.17) is 5.73 Å². The van der Waals surface area contributed by atoms with Gasteiger partial charge in [-0.1, -0.05) is 0 Å². The number of carbonyl (C=O) groups excluding carboxylic acids is 1. The van der Waals surface area contributed by atoms with Crippen molar-refractivity contribution >= 4 is 11.6 Å². The van der Waals surface area contributed by atoms with Crippen LogP contribution in [0.15, 0.2) is 18.2 Å². The molecule has 18 heavy (non-hydrogen) atoms. The first-order valence-corrected chi connectivity index (χ1v) is 6.05. The van der Waals surface area contributed by atoms with Gasteiger partial charge in [0.15, 0.2) is 0 Å². The number of hydrogen-bond acceptors (Lipinski definition) is 3. The van der Waals surface area contributed by atoms with Gasteiger partial charge in [0.25, 0.3) is 5.91 Å². The molecule has 0 saturated carbocycles. The van der Waals surface area contributed by atoms with Crippen LogP contribution in [0.5, 0.6) is 0 Å². The van der Waals surface area contributed by atoms with Crippen LogP contribution >= 0.6 is 0 Å². The third kappa shape index (κ3) is 3.74. The van der Waals surface area contributed by atoms with Crippen molar-refractivity contribution in [1.29, 1.82) is 0 Å². The van der Waals surface area contributed by atoms with E-state index in [1.807, 2.05) is 33.2 Å². The summed E-state index contributed by atoms with van der Waals surface area (Å²) in [5.41, 5.74) is 7.88. The molecule has 0 fully saturated rings. The van der Waals surface area contributed by atoms with Gasteiger partial charge in [-0.25, -0.2) is 0 Å². The molecule has 1 aromatic carbocycles. The lowest BCUT2D eigenvalue weighted by Crippen LogP contribution is -2.48. The molecule has 0 saturated heterocycles. The first-order valence-electron chi connectivity index (χ1n) is 6.05. The Morgan fingerprint density at radius 2 is 1.94 bits per heavy atom. The van der Waals surface area contributed by atoms with Crippen molar-refractivity contribution in [2.45, 2.75) is 26.3 Å². The Morgan fingerprint density at radius 3 is 2.44 bits per heavy atom. The van der Waals surface area contributed by atoms with E-state index in [2.05, 4.69) is 24.1 Å². The number of nitrogens with zero attached hydrogens (tertiary/aromatic N) is 1. The Balaban J connectivity index is 2.72. The van der Waals surface area contributed by atoms with E-state index in [9.17, 15) is 4.79 Å². The number of aryl methyl sites for hydroxylation is 1. The van der Waals surface area contributed by atoms with E-state index in [-0.39, 0.29) is 11.4 Å². The zero-order valence-electron chi connectivity index (χ0n) is 11.9. The highest BCUT2D eigenvalue weighted by Crippen LogP contribution is 2.12. The highest BCUT2D eigenvalue weighted by atomic mass is 16.1. The van der Waals surface area contributed by atoms with Gasteiger partial charge in [0.05, 0.1) is 0 Å². The van der Waals surface area contributed by atoms with Crippen LogP contribution in [0.3, 0.4) is 0 Å². The molecule has 0 bridgehead atoms. The van der Waals surface area contributed by atoms with Crippen LogP contribution < -0.4 is 11.1 Å². The summed E-state index contributed by atoms with van der Waals surface area (Å²) < 4.78 is 0. The van der Waals surface area contributed by atoms with Gasteiger partial charge in [-0.2, -0.15) is 0 Å². The average Bonchev–Trinajstić information content (AvgIpc) is 2.24. The van der Waals surface area contributed by atoms with E-state index >= 15 is 0 Å². The second-order valence-electron chi connectivity index (χ2n) is 5.52. The molecular formula is C14H23N3O. The van der Waals surface area contributed by atoms with Gasteiger partial charge in [0.2, 0.25) is 0 Å². The Hall–Kier alpha value is -1.55. The fourth-order valence-electron chi connectivity index (χ4n) is 1.50. The van der Waals surface area contributed by atoms with Crippen molar-refractivity contribution in [1.82, 2.24) is 10.2 Å². The molecule has 0 atom stereocenters. The van der Waals surface area contributed by atoms with Crippen molar-refractivity contribution in [2.24, 2.45) is 0 Å². The van der Waals surface area contributed by atoms with E-state index in [0.717, 1.165) is 5.56 Å². The number of nitrogen functional groups attached to an aromatic ring is 1. The molecule has 0 heterocycles. The molecule has 0 spiro atoms. The van der Waals surface area contributed by atoms with Crippen LogP contribution in [-0.4, -0.2) is 37.0 Å². The van der Waals surface area contributed by atoms with E-state index in [1.165, 1.54) is 0 Å². The molecule has 0 aliphatic carbocycles. The number of nitrogens with one attached hydrogen (secondary N) is 1. The predicted octanol–water partition coefficient (Wildman–Crippen LogP) is 1.65. The van der Waals surface area contributed by atoms with Crippen LogP contribution in [0.1, 0.15) is 29.8 Å². The summed E-state index contributed by atoms with van der Waals surface area (Å²) in [5, 5.41) is 2.94. The summed E-state index contributed by atoms with van der Waals surface area (Å²) in [6.45, 7) is 6.68. The smallest absolute Gasteiger partial charge is 0.251 e. The van der Waals surface area contributed by atoms with Gasteiger partial charge in [-0.15, -0.1) is 0 Å². The number of likely N-dealkylation sites (N-methyl/N-ethyl adjacent to an activating group) is 1. The standard InChI is InChI=1S/C14H23N3O/c1-10-6-11(8-12(15)7-10)13(18)16-9-14(2,3)17(4)5/h6-8H,9,15H2,1-5H3,(H,16,18). The third-order valence-electron chi connectivity index (χ3n) is 3.25. The molecule has 100 valence electrons. The summed E-state index contributed by atoms with van der Waals surface area (Å²) >= 11 is 0. The topological polar surface area (TPSA) is 58.4 Å². The fraction of sp³-hybridized carbons (Fsp3) is 0.500. The molecule has 3 N–H and O–H groups in total. The Morgan fingerprint density at radius 1 is 1.33 bits per heavy atom. The Bertz CT molecular complexity index is 418. The lowest BCUT2D eigenvalue weighted by atomic mass is 10.0. The highest BCUT2D eigenvalue weighted by Gasteiger charge is 2.21. The maximum atomic E-state index is 12.0. The molecule has 4 nitrogen and oxygen atoms in total. The highest BCUT2D eigenvalue weighted by molar-refractivity contribution is 5.95. The average molecular weight is 249 g/mol. The van der Waals surface area contributed by atoms with Crippen molar-refractivity contribution in [3.8, 4) is 0 Å². The summed E-state index contributed by atoms with van der Waals surface area (Å²) in [6, 6.07) is 5.39. The zero-order chi connectivity index (χ0) is 13.9. The van der Waals surface area contributed by atoms with Gasteiger partial charge < -0.3 is 16.0 Å². The predicted molar refractivity (Wildman–Crippen MR) is 75.7 cm³/mol. The van der Waals surface area contributed by atoms with Gasteiger partial charge in [-0.3, -0.25) is 4.79 Å². The normalized spacial score (nSPS) is 11.7. The second kappa shape index (κ2) is 5.40. The van der Waals surface area contributed by atoms with Gasteiger partial charge in [-0.05, 0) is 58.6 Å². The van der Waals surface area contributed by atoms with Crippen molar-refractivity contribution in [2.75, 3.05) is 26.4 Å². The summed E-state index contributed by atoms with van der Waals surface area (Å²) in [6.07, 6.45) is 0. The van der Waals surface area contributed by atoms with Crippen molar-refractivity contribution in [3.63, 3.8) is 0 Å². The van der Waals surface area contributed by atoms with Crippen LogP contribution in [0.4, 0.5) is 5.69 Å². The summed E-state index contributed by atoms with van der Waals surface area (Å²) in [4.78, 5) is 14.1. The van der Waals surface area contributed by atoms with E-state index < -0.39 is 0 Å². The lowest BCUT2D eigenvalue weighted by molar-refractivity contribution is 0.0919. The number of amides is 1. The molecule has 1 aromatic rings. The molecule has 0 aliphatic heterocycles. The van der Waals surface area contributed by atoms with Crippen molar-refractivity contribution < 1.29 is 4.79 Å². The third-order valence-corrected chi connectivity index (χ3v) is 3.25.